The number of furan rings is 1. The van der Waals surface area contributed by atoms with Gasteiger partial charge in [-0.3, -0.25) is 4.79 Å². The van der Waals surface area contributed by atoms with Crippen molar-refractivity contribution in [2.45, 2.75) is 43.5 Å². The van der Waals surface area contributed by atoms with Crippen molar-refractivity contribution in [3.8, 4) is 0 Å². The van der Waals surface area contributed by atoms with Crippen LogP contribution in [0, 0.1) is 6.92 Å². The monoisotopic (exact) mass is 435 g/mol. The number of halogens is 4. The van der Waals surface area contributed by atoms with Crippen LogP contribution in [0.1, 0.15) is 41.9 Å². The maximum atomic E-state index is 13.4. The highest BCUT2D eigenvalue weighted by molar-refractivity contribution is 9.10. The van der Waals surface area contributed by atoms with Crippen LogP contribution < -0.4 is 5.32 Å². The maximum Gasteiger partial charge on any atom is 0.418 e. The van der Waals surface area contributed by atoms with E-state index < -0.39 is 17.6 Å². The Hall–Kier alpha value is -1.41. The molecule has 0 fully saturated rings. The highest BCUT2D eigenvalue weighted by Gasteiger charge is 2.34. The van der Waals surface area contributed by atoms with E-state index in [4.69, 9.17) is 4.42 Å². The number of anilines is 1. The molecule has 1 unspecified atom stereocenters. The van der Waals surface area contributed by atoms with Gasteiger partial charge < -0.3 is 9.73 Å². The summed E-state index contributed by atoms with van der Waals surface area (Å²) in [5.74, 6) is -0.755. The second kappa shape index (κ2) is 7.86. The first kappa shape index (κ1) is 19.9. The molecule has 3 nitrogen and oxygen atoms in total. The molecule has 1 N–H and O–H groups in total. The zero-order valence-electron chi connectivity index (χ0n) is 13.8. The molecule has 25 heavy (non-hydrogen) atoms. The molecule has 1 atom stereocenters. The van der Waals surface area contributed by atoms with Crippen LogP contribution in [0.3, 0.4) is 0 Å². The number of thioether (sulfide) groups is 1. The Morgan fingerprint density at radius 2 is 2.04 bits per heavy atom. The molecule has 0 aliphatic carbocycles. The Balaban J connectivity index is 2.33. The fourth-order valence-electron chi connectivity index (χ4n) is 2.10. The molecule has 8 heteroatoms. The van der Waals surface area contributed by atoms with Gasteiger partial charge in [-0.2, -0.15) is 13.2 Å². The van der Waals surface area contributed by atoms with E-state index >= 15 is 0 Å². The average Bonchev–Trinajstić information content (AvgIpc) is 2.86. The molecule has 0 radical (unpaired) electrons. The summed E-state index contributed by atoms with van der Waals surface area (Å²) >= 11 is 4.46. The molecular formula is C17H17BrF3NO2S. The molecule has 0 aliphatic rings. The standard InChI is InChI=1S/C17H17BrF3NO2S/c1-4-10(3)25-11-5-6-13(12(8-11)17(19,20)21)22-16(23)15-9(2)7-14(18)24-15/h5-8,10H,4H2,1-3H3,(H,22,23). The molecule has 136 valence electrons. The van der Waals surface area contributed by atoms with Crippen molar-refractivity contribution in [1.82, 2.24) is 0 Å². The first-order valence-electron chi connectivity index (χ1n) is 7.57. The summed E-state index contributed by atoms with van der Waals surface area (Å²) in [4.78, 5) is 12.7. The summed E-state index contributed by atoms with van der Waals surface area (Å²) in [7, 11) is 0. The SMILES string of the molecule is CCC(C)Sc1ccc(NC(=O)c2oc(Br)cc2C)c(C(F)(F)F)c1. The fourth-order valence-corrected chi connectivity index (χ4v) is 3.57. The lowest BCUT2D eigenvalue weighted by molar-refractivity contribution is -0.137. The number of nitrogens with one attached hydrogen (secondary N) is 1. The molecule has 1 aromatic carbocycles. The van der Waals surface area contributed by atoms with Crippen LogP contribution in [0.4, 0.5) is 18.9 Å². The Morgan fingerprint density at radius 1 is 1.36 bits per heavy atom. The zero-order chi connectivity index (χ0) is 18.8. The number of hydrogen-bond donors (Lipinski definition) is 1. The lowest BCUT2D eigenvalue weighted by Gasteiger charge is -2.16. The van der Waals surface area contributed by atoms with Crippen LogP contribution in [-0.4, -0.2) is 11.2 Å². The number of hydrogen-bond acceptors (Lipinski definition) is 3. The van der Waals surface area contributed by atoms with Gasteiger partial charge in [-0.25, -0.2) is 0 Å². The average molecular weight is 436 g/mol. The van der Waals surface area contributed by atoms with Crippen molar-refractivity contribution >= 4 is 39.3 Å². The number of alkyl halides is 3. The highest BCUT2D eigenvalue weighted by Crippen LogP contribution is 2.38. The van der Waals surface area contributed by atoms with Gasteiger partial charge in [0.1, 0.15) is 0 Å². The van der Waals surface area contributed by atoms with E-state index in [0.717, 1.165) is 12.5 Å². The third-order valence-electron chi connectivity index (χ3n) is 3.55. The molecule has 1 amide bonds. The van der Waals surface area contributed by atoms with Crippen molar-refractivity contribution < 1.29 is 22.4 Å². The smallest absolute Gasteiger partial charge is 0.418 e. The molecule has 1 heterocycles. The maximum absolute atomic E-state index is 13.4. The second-order valence-electron chi connectivity index (χ2n) is 5.56. The van der Waals surface area contributed by atoms with Gasteiger partial charge >= 0.3 is 6.18 Å². The quantitative estimate of drug-likeness (QED) is 0.544. The Bertz CT molecular complexity index is 774. The van der Waals surface area contributed by atoms with Crippen molar-refractivity contribution in [3.63, 3.8) is 0 Å². The molecule has 0 spiro atoms. The van der Waals surface area contributed by atoms with Crippen molar-refractivity contribution in [2.75, 3.05) is 5.32 Å². The minimum atomic E-state index is -4.58. The van der Waals surface area contributed by atoms with Gasteiger partial charge in [0.25, 0.3) is 5.91 Å². The van der Waals surface area contributed by atoms with Gasteiger partial charge in [-0.15, -0.1) is 11.8 Å². The fraction of sp³-hybridized carbons (Fsp3) is 0.353. The summed E-state index contributed by atoms with van der Waals surface area (Å²) in [5.41, 5.74) is -0.641. The predicted octanol–water partition coefficient (Wildman–Crippen LogP) is 6.51. The topological polar surface area (TPSA) is 42.2 Å². The summed E-state index contributed by atoms with van der Waals surface area (Å²) < 4.78 is 45.7. The van der Waals surface area contributed by atoms with Gasteiger partial charge in [-0.05, 0) is 53.5 Å². The highest BCUT2D eigenvalue weighted by atomic mass is 79.9. The van der Waals surface area contributed by atoms with Gasteiger partial charge in [-0.1, -0.05) is 13.8 Å². The molecule has 0 aliphatic heterocycles. The minimum Gasteiger partial charge on any atom is -0.444 e. The Labute approximate surface area is 156 Å². The van der Waals surface area contributed by atoms with E-state index in [1.165, 1.54) is 17.8 Å². The van der Waals surface area contributed by atoms with E-state index in [1.807, 2.05) is 13.8 Å². The van der Waals surface area contributed by atoms with Crippen LogP contribution in [0.2, 0.25) is 0 Å². The van der Waals surface area contributed by atoms with Gasteiger partial charge in [0.15, 0.2) is 10.4 Å². The van der Waals surface area contributed by atoms with Crippen LogP contribution >= 0.6 is 27.7 Å². The molecule has 0 saturated carbocycles. The van der Waals surface area contributed by atoms with E-state index in [1.54, 1.807) is 19.1 Å². The molecule has 0 saturated heterocycles. The second-order valence-corrected chi connectivity index (χ2v) is 7.85. The van der Waals surface area contributed by atoms with Crippen molar-refractivity contribution in [1.29, 1.82) is 0 Å². The van der Waals surface area contributed by atoms with Crippen LogP contribution in [0.25, 0.3) is 0 Å². The first-order valence-corrected chi connectivity index (χ1v) is 9.24. The number of carbonyl (C=O) groups excluding carboxylic acids is 1. The third-order valence-corrected chi connectivity index (χ3v) is 5.20. The minimum absolute atomic E-state index is 0.0296. The van der Waals surface area contributed by atoms with Crippen molar-refractivity contribution in [2.24, 2.45) is 0 Å². The number of rotatable bonds is 5. The summed E-state index contributed by atoms with van der Waals surface area (Å²) in [5, 5.41) is 2.50. The third kappa shape index (κ3) is 5.04. The van der Waals surface area contributed by atoms with Crippen LogP contribution in [0.15, 0.2) is 38.2 Å². The van der Waals surface area contributed by atoms with Gasteiger partial charge in [0, 0.05) is 15.7 Å². The van der Waals surface area contributed by atoms with Gasteiger partial charge in [0.05, 0.1) is 11.3 Å². The number of carbonyl (C=O) groups is 1. The van der Waals surface area contributed by atoms with Crippen LogP contribution in [0.5, 0.6) is 0 Å². The van der Waals surface area contributed by atoms with E-state index in [9.17, 15) is 18.0 Å². The first-order chi connectivity index (χ1) is 11.6. The number of amides is 1. The Morgan fingerprint density at radius 3 is 2.56 bits per heavy atom. The van der Waals surface area contributed by atoms with E-state index in [-0.39, 0.29) is 16.7 Å². The van der Waals surface area contributed by atoms with Crippen molar-refractivity contribution in [3.05, 3.63) is 45.8 Å². The lowest BCUT2D eigenvalue weighted by Crippen LogP contribution is -2.17. The largest absolute Gasteiger partial charge is 0.444 e. The summed E-state index contributed by atoms with van der Waals surface area (Å²) in [6.45, 7) is 5.56. The molecular weight excluding hydrogens is 419 g/mol. The van der Waals surface area contributed by atoms with Gasteiger partial charge in [0.2, 0.25) is 0 Å². The summed E-state index contributed by atoms with van der Waals surface area (Å²) in [6, 6.07) is 5.49. The Kier molecular flexibility index (Phi) is 6.26. The number of aryl methyl sites for hydroxylation is 1. The van der Waals surface area contributed by atoms with E-state index in [0.29, 0.717) is 15.1 Å². The molecule has 2 rings (SSSR count). The number of benzene rings is 1. The normalized spacial score (nSPS) is 12.9. The summed E-state index contributed by atoms with van der Waals surface area (Å²) in [6.07, 6.45) is -3.73. The lowest BCUT2D eigenvalue weighted by atomic mass is 10.1. The molecule has 2 aromatic rings. The predicted molar refractivity (Wildman–Crippen MR) is 96.2 cm³/mol. The molecule has 0 bridgehead atoms. The zero-order valence-corrected chi connectivity index (χ0v) is 16.2. The van der Waals surface area contributed by atoms with E-state index in [2.05, 4.69) is 21.2 Å². The van der Waals surface area contributed by atoms with Crippen LogP contribution in [-0.2, 0) is 6.18 Å². The molecule has 1 aromatic heterocycles.